The van der Waals surface area contributed by atoms with E-state index in [2.05, 4.69) is 5.09 Å². The lowest BCUT2D eigenvalue weighted by molar-refractivity contribution is 0.171. The summed E-state index contributed by atoms with van der Waals surface area (Å²) in [5.74, 6) is 0.743. The standard InChI is InChI=1S/C8H17Cl2N2O3P/c9-2-4-12(5-3-10)16(14)11-7-8(15-16)1-6-13/h8,13H,1-7H2,(H,11,14). The third kappa shape index (κ3) is 3.84. The Balaban J connectivity index is 2.58. The monoisotopic (exact) mass is 290 g/mol. The molecular formula is C8H17Cl2N2O3P. The molecule has 1 rings (SSSR count). The zero-order valence-corrected chi connectivity index (χ0v) is 11.3. The van der Waals surface area contributed by atoms with Crippen molar-refractivity contribution in [3.63, 3.8) is 0 Å². The normalized spacial score (nSPS) is 30.1. The van der Waals surface area contributed by atoms with Gasteiger partial charge in [0, 0.05) is 38.0 Å². The van der Waals surface area contributed by atoms with Gasteiger partial charge >= 0.3 is 7.67 Å². The van der Waals surface area contributed by atoms with Gasteiger partial charge in [0.2, 0.25) is 0 Å². The molecule has 1 fully saturated rings. The Labute approximate surface area is 106 Å². The molecule has 1 aliphatic rings. The van der Waals surface area contributed by atoms with Crippen LogP contribution in [0.3, 0.4) is 0 Å². The summed E-state index contributed by atoms with van der Waals surface area (Å²) in [5, 5.41) is 11.7. The summed E-state index contributed by atoms with van der Waals surface area (Å²) < 4.78 is 19.5. The van der Waals surface area contributed by atoms with Gasteiger partial charge in [-0.2, -0.15) is 0 Å². The van der Waals surface area contributed by atoms with E-state index in [1.165, 1.54) is 0 Å². The second-order valence-corrected chi connectivity index (χ2v) is 6.34. The largest absolute Gasteiger partial charge is 0.396 e. The Morgan fingerprint density at radius 3 is 2.56 bits per heavy atom. The Morgan fingerprint density at radius 1 is 1.44 bits per heavy atom. The van der Waals surface area contributed by atoms with Crippen LogP contribution < -0.4 is 5.09 Å². The van der Waals surface area contributed by atoms with Crippen LogP contribution in [0.2, 0.25) is 0 Å². The Hall–Kier alpha value is 0.650. The third-order valence-corrected chi connectivity index (χ3v) is 4.97. The van der Waals surface area contributed by atoms with Crippen LogP contribution in [0.4, 0.5) is 0 Å². The van der Waals surface area contributed by atoms with Crippen molar-refractivity contribution < 1.29 is 14.2 Å². The molecule has 16 heavy (non-hydrogen) atoms. The fourth-order valence-electron chi connectivity index (χ4n) is 1.53. The fraction of sp³-hybridized carbons (Fsp3) is 1.00. The minimum absolute atomic E-state index is 0.0252. The zero-order valence-electron chi connectivity index (χ0n) is 8.94. The van der Waals surface area contributed by atoms with Crippen LogP contribution in [-0.2, 0) is 9.09 Å². The molecule has 1 aliphatic heterocycles. The maximum absolute atomic E-state index is 12.4. The molecule has 0 aromatic carbocycles. The van der Waals surface area contributed by atoms with E-state index in [9.17, 15) is 4.57 Å². The number of aliphatic hydroxyl groups excluding tert-OH is 1. The summed E-state index contributed by atoms with van der Waals surface area (Å²) >= 11 is 11.3. The molecule has 0 saturated carbocycles. The topological polar surface area (TPSA) is 61.8 Å². The number of aliphatic hydroxyl groups is 1. The van der Waals surface area contributed by atoms with Crippen LogP contribution in [0.5, 0.6) is 0 Å². The summed E-state index contributed by atoms with van der Waals surface area (Å²) in [5.41, 5.74) is 0. The van der Waals surface area contributed by atoms with Crippen LogP contribution >= 0.6 is 30.9 Å². The van der Waals surface area contributed by atoms with E-state index < -0.39 is 7.67 Å². The molecule has 0 aromatic rings. The van der Waals surface area contributed by atoms with Crippen molar-refractivity contribution in [2.45, 2.75) is 12.5 Å². The first kappa shape index (κ1) is 14.7. The minimum Gasteiger partial charge on any atom is -0.396 e. The molecule has 0 radical (unpaired) electrons. The van der Waals surface area contributed by atoms with E-state index in [1.807, 2.05) is 0 Å². The molecular weight excluding hydrogens is 274 g/mol. The number of hydrogen-bond donors (Lipinski definition) is 2. The summed E-state index contributed by atoms with van der Waals surface area (Å²) in [7, 11) is -3.00. The SMILES string of the molecule is O=P1(N(CCCl)CCCl)NCC(CCO)O1. The average Bonchev–Trinajstić information content (AvgIpc) is 2.62. The van der Waals surface area contributed by atoms with Crippen molar-refractivity contribution in [2.75, 3.05) is 38.0 Å². The summed E-state index contributed by atoms with van der Waals surface area (Å²) in [4.78, 5) is 0. The summed E-state index contributed by atoms with van der Waals surface area (Å²) in [6.07, 6.45) is 0.274. The number of rotatable bonds is 7. The first-order chi connectivity index (χ1) is 7.66. The first-order valence-electron chi connectivity index (χ1n) is 5.18. The average molecular weight is 291 g/mol. The highest BCUT2D eigenvalue weighted by atomic mass is 35.5. The van der Waals surface area contributed by atoms with Crippen LogP contribution in [0.1, 0.15) is 6.42 Å². The maximum Gasteiger partial charge on any atom is 0.343 e. The van der Waals surface area contributed by atoms with Gasteiger partial charge < -0.3 is 9.63 Å². The van der Waals surface area contributed by atoms with Gasteiger partial charge in [0.15, 0.2) is 0 Å². The van der Waals surface area contributed by atoms with Gasteiger partial charge in [0.1, 0.15) is 0 Å². The zero-order chi connectivity index (χ0) is 12.0. The Morgan fingerprint density at radius 2 is 2.06 bits per heavy atom. The van der Waals surface area contributed by atoms with Crippen molar-refractivity contribution in [2.24, 2.45) is 0 Å². The van der Waals surface area contributed by atoms with Gasteiger partial charge in [-0.05, 0) is 6.42 Å². The third-order valence-electron chi connectivity index (χ3n) is 2.32. The second kappa shape index (κ2) is 7.17. The van der Waals surface area contributed by atoms with Gasteiger partial charge in [-0.15, -0.1) is 23.2 Å². The van der Waals surface area contributed by atoms with Gasteiger partial charge in [0.05, 0.1) is 6.10 Å². The van der Waals surface area contributed by atoms with Gasteiger partial charge in [-0.25, -0.2) is 9.76 Å². The van der Waals surface area contributed by atoms with Gasteiger partial charge in [-0.1, -0.05) is 0 Å². The smallest absolute Gasteiger partial charge is 0.343 e. The lowest BCUT2D eigenvalue weighted by Gasteiger charge is -2.26. The van der Waals surface area contributed by atoms with E-state index >= 15 is 0 Å². The molecule has 8 heteroatoms. The molecule has 2 N–H and O–H groups in total. The fourth-order valence-corrected chi connectivity index (χ4v) is 4.33. The van der Waals surface area contributed by atoms with Crippen LogP contribution in [0.25, 0.3) is 0 Å². The summed E-state index contributed by atoms with van der Waals surface area (Å²) in [6.45, 7) is 1.44. The highest BCUT2D eigenvalue weighted by Crippen LogP contribution is 2.51. The molecule has 96 valence electrons. The van der Waals surface area contributed by atoms with Crippen molar-refractivity contribution in [3.05, 3.63) is 0 Å². The van der Waals surface area contributed by atoms with Crippen molar-refractivity contribution in [1.29, 1.82) is 0 Å². The van der Waals surface area contributed by atoms with E-state index in [4.69, 9.17) is 32.8 Å². The van der Waals surface area contributed by atoms with Gasteiger partial charge in [0.25, 0.3) is 0 Å². The Kier molecular flexibility index (Phi) is 6.59. The van der Waals surface area contributed by atoms with Crippen LogP contribution in [0, 0.1) is 0 Å². The number of alkyl halides is 2. The van der Waals surface area contributed by atoms with E-state index in [-0.39, 0.29) is 12.7 Å². The highest BCUT2D eigenvalue weighted by Gasteiger charge is 2.39. The van der Waals surface area contributed by atoms with Crippen molar-refractivity contribution in [1.82, 2.24) is 9.76 Å². The number of nitrogens with one attached hydrogen (secondary N) is 1. The molecule has 0 aliphatic carbocycles. The molecule has 5 nitrogen and oxygen atoms in total. The Bertz CT molecular complexity index is 251. The minimum atomic E-state index is -3.00. The van der Waals surface area contributed by atoms with E-state index in [0.29, 0.717) is 37.8 Å². The lowest BCUT2D eigenvalue weighted by Crippen LogP contribution is -2.29. The van der Waals surface area contributed by atoms with E-state index in [0.717, 1.165) is 0 Å². The number of hydrogen-bond acceptors (Lipinski definition) is 3. The van der Waals surface area contributed by atoms with Crippen LogP contribution in [-0.4, -0.2) is 53.9 Å². The molecule has 0 spiro atoms. The first-order valence-corrected chi connectivity index (χ1v) is 7.82. The summed E-state index contributed by atoms with van der Waals surface area (Å²) in [6, 6.07) is 0. The quantitative estimate of drug-likeness (QED) is 0.546. The molecule has 0 amide bonds. The highest BCUT2D eigenvalue weighted by molar-refractivity contribution is 7.54. The molecule has 1 saturated heterocycles. The number of nitrogens with zero attached hydrogens (tertiary/aromatic N) is 1. The molecule has 0 bridgehead atoms. The molecule has 0 aromatic heterocycles. The second-order valence-electron chi connectivity index (χ2n) is 3.45. The van der Waals surface area contributed by atoms with Crippen LogP contribution in [0.15, 0.2) is 0 Å². The van der Waals surface area contributed by atoms with Gasteiger partial charge in [-0.3, -0.25) is 4.57 Å². The van der Waals surface area contributed by atoms with Crippen molar-refractivity contribution in [3.8, 4) is 0 Å². The van der Waals surface area contributed by atoms with Crippen molar-refractivity contribution >= 4 is 30.9 Å². The predicted octanol–water partition coefficient (Wildman–Crippen LogP) is 1.24. The maximum atomic E-state index is 12.4. The molecule has 2 unspecified atom stereocenters. The number of halogens is 2. The predicted molar refractivity (Wildman–Crippen MR) is 65.2 cm³/mol. The molecule has 1 heterocycles. The lowest BCUT2D eigenvalue weighted by atomic mass is 10.3. The molecule has 2 atom stereocenters. The van der Waals surface area contributed by atoms with E-state index in [1.54, 1.807) is 4.67 Å².